The first kappa shape index (κ1) is 14.5. The number of β-amino-alcohol motifs (C(OH)–C–C–N with tert-alkyl or cyclic N) is 1. The maximum atomic E-state index is 12.2. The van der Waals surface area contributed by atoms with E-state index in [4.69, 9.17) is 10.8 Å². The molecule has 1 amide bonds. The average molecular weight is 278 g/mol. The summed E-state index contributed by atoms with van der Waals surface area (Å²) in [6.45, 7) is 0.0261. The summed E-state index contributed by atoms with van der Waals surface area (Å²) in [5, 5.41) is 18.6. The lowest BCUT2D eigenvalue weighted by Gasteiger charge is -2.24. The molecule has 0 spiro atoms. The molecule has 1 aromatic rings. The summed E-state index contributed by atoms with van der Waals surface area (Å²) in [4.78, 5) is 24.5. The van der Waals surface area contributed by atoms with Crippen molar-refractivity contribution in [2.24, 2.45) is 5.73 Å². The third-order valence-electron chi connectivity index (χ3n) is 3.46. The Kier molecular flexibility index (Phi) is 4.36. The van der Waals surface area contributed by atoms with Gasteiger partial charge in [0.2, 0.25) is 5.91 Å². The SMILES string of the molecule is N[C@H](Cc1ccccc1)C(=O)N1C[C@@H](O)C[C@H]1C(=O)O. The number of rotatable bonds is 4. The molecule has 1 aromatic carbocycles. The number of amides is 1. The van der Waals surface area contributed by atoms with Crippen LogP contribution in [0, 0.1) is 0 Å². The molecule has 6 heteroatoms. The van der Waals surface area contributed by atoms with E-state index in [0.29, 0.717) is 6.42 Å². The highest BCUT2D eigenvalue weighted by Crippen LogP contribution is 2.19. The highest BCUT2D eigenvalue weighted by molar-refractivity contribution is 5.87. The minimum Gasteiger partial charge on any atom is -0.480 e. The Morgan fingerprint density at radius 3 is 2.60 bits per heavy atom. The van der Waals surface area contributed by atoms with Crippen LogP contribution in [0.15, 0.2) is 30.3 Å². The second kappa shape index (κ2) is 6.02. The third-order valence-corrected chi connectivity index (χ3v) is 3.46. The van der Waals surface area contributed by atoms with Gasteiger partial charge in [-0.3, -0.25) is 4.79 Å². The number of nitrogens with two attached hydrogens (primary N) is 1. The molecule has 4 N–H and O–H groups in total. The summed E-state index contributed by atoms with van der Waals surface area (Å²) in [7, 11) is 0. The zero-order valence-electron chi connectivity index (χ0n) is 11.0. The molecule has 0 bridgehead atoms. The number of aliphatic carboxylic acids is 1. The van der Waals surface area contributed by atoms with E-state index in [9.17, 15) is 14.7 Å². The molecule has 1 heterocycles. The van der Waals surface area contributed by atoms with E-state index < -0.39 is 30.1 Å². The number of likely N-dealkylation sites (tertiary alicyclic amines) is 1. The lowest BCUT2D eigenvalue weighted by Crippen LogP contribution is -2.49. The van der Waals surface area contributed by atoms with E-state index in [1.807, 2.05) is 30.3 Å². The molecule has 0 saturated carbocycles. The van der Waals surface area contributed by atoms with E-state index in [-0.39, 0.29) is 13.0 Å². The molecule has 0 aliphatic carbocycles. The molecule has 1 aliphatic heterocycles. The number of carboxylic acid groups (broad SMARTS) is 1. The fourth-order valence-corrected chi connectivity index (χ4v) is 2.46. The lowest BCUT2D eigenvalue weighted by molar-refractivity contribution is -0.148. The summed E-state index contributed by atoms with van der Waals surface area (Å²) >= 11 is 0. The van der Waals surface area contributed by atoms with Crippen LogP contribution in [0.25, 0.3) is 0 Å². The van der Waals surface area contributed by atoms with Gasteiger partial charge in [0.1, 0.15) is 6.04 Å². The second-order valence-corrected chi connectivity index (χ2v) is 5.03. The number of carboxylic acids is 1. The predicted molar refractivity (Wildman–Crippen MR) is 71.9 cm³/mol. The van der Waals surface area contributed by atoms with Gasteiger partial charge in [-0.05, 0) is 12.0 Å². The second-order valence-electron chi connectivity index (χ2n) is 5.03. The average Bonchev–Trinajstić information content (AvgIpc) is 2.81. The molecule has 1 fully saturated rings. The highest BCUT2D eigenvalue weighted by Gasteiger charge is 2.40. The van der Waals surface area contributed by atoms with Crippen LogP contribution in [0.1, 0.15) is 12.0 Å². The molecule has 6 nitrogen and oxygen atoms in total. The number of hydrogen-bond acceptors (Lipinski definition) is 4. The number of carbonyl (C=O) groups is 2. The van der Waals surface area contributed by atoms with Crippen molar-refractivity contribution in [2.75, 3.05) is 6.54 Å². The van der Waals surface area contributed by atoms with Crippen LogP contribution in [0.5, 0.6) is 0 Å². The van der Waals surface area contributed by atoms with Crippen LogP contribution in [0.3, 0.4) is 0 Å². The van der Waals surface area contributed by atoms with Crippen LogP contribution < -0.4 is 5.73 Å². The van der Waals surface area contributed by atoms with E-state index in [0.717, 1.165) is 5.56 Å². The van der Waals surface area contributed by atoms with Crippen molar-refractivity contribution in [3.05, 3.63) is 35.9 Å². The van der Waals surface area contributed by atoms with Crippen LogP contribution >= 0.6 is 0 Å². The zero-order valence-corrected chi connectivity index (χ0v) is 11.0. The van der Waals surface area contributed by atoms with Crippen LogP contribution in [0.4, 0.5) is 0 Å². The molecule has 20 heavy (non-hydrogen) atoms. The van der Waals surface area contributed by atoms with E-state index in [1.165, 1.54) is 4.90 Å². The Labute approximate surface area is 116 Å². The monoisotopic (exact) mass is 278 g/mol. The minimum absolute atomic E-state index is 0.0261. The Balaban J connectivity index is 2.04. The molecule has 2 rings (SSSR count). The van der Waals surface area contributed by atoms with Crippen molar-refractivity contribution in [1.82, 2.24) is 4.90 Å². The first-order valence-corrected chi connectivity index (χ1v) is 6.50. The number of carbonyl (C=O) groups excluding carboxylic acids is 1. The van der Waals surface area contributed by atoms with Gasteiger partial charge in [-0.25, -0.2) is 4.79 Å². The van der Waals surface area contributed by atoms with Crippen LogP contribution in [-0.2, 0) is 16.0 Å². The predicted octanol–water partition coefficient (Wildman–Crippen LogP) is -0.397. The molecule has 3 atom stereocenters. The van der Waals surface area contributed by atoms with E-state index in [1.54, 1.807) is 0 Å². The quantitative estimate of drug-likeness (QED) is 0.695. The standard InChI is InChI=1S/C14H18N2O4/c15-11(6-9-4-2-1-3-5-9)13(18)16-8-10(17)7-12(16)14(19)20/h1-5,10-12,17H,6-8,15H2,(H,19,20)/t10-,11+,12-/m0/s1. The van der Waals surface area contributed by atoms with Crippen molar-refractivity contribution in [1.29, 1.82) is 0 Å². The van der Waals surface area contributed by atoms with E-state index in [2.05, 4.69) is 0 Å². The highest BCUT2D eigenvalue weighted by atomic mass is 16.4. The Bertz CT molecular complexity index is 491. The zero-order chi connectivity index (χ0) is 14.7. The van der Waals surface area contributed by atoms with Gasteiger partial charge >= 0.3 is 5.97 Å². The smallest absolute Gasteiger partial charge is 0.326 e. The van der Waals surface area contributed by atoms with E-state index >= 15 is 0 Å². The summed E-state index contributed by atoms with van der Waals surface area (Å²) in [6, 6.07) is 7.51. The number of benzene rings is 1. The lowest BCUT2D eigenvalue weighted by atomic mass is 10.1. The number of hydrogen-bond donors (Lipinski definition) is 3. The van der Waals surface area contributed by atoms with Gasteiger partial charge in [-0.15, -0.1) is 0 Å². The summed E-state index contributed by atoms with van der Waals surface area (Å²) < 4.78 is 0. The van der Waals surface area contributed by atoms with Gasteiger partial charge in [0, 0.05) is 13.0 Å². The number of aliphatic hydroxyl groups excluding tert-OH is 1. The Morgan fingerprint density at radius 1 is 1.35 bits per heavy atom. The van der Waals surface area contributed by atoms with Crippen molar-refractivity contribution in [3.8, 4) is 0 Å². The number of nitrogens with zero attached hydrogens (tertiary/aromatic N) is 1. The first-order valence-electron chi connectivity index (χ1n) is 6.50. The van der Waals surface area contributed by atoms with Gasteiger partial charge in [0.15, 0.2) is 0 Å². The van der Waals surface area contributed by atoms with Crippen LogP contribution in [-0.4, -0.2) is 51.7 Å². The molecular formula is C14H18N2O4. The Morgan fingerprint density at radius 2 is 2.00 bits per heavy atom. The van der Waals surface area contributed by atoms with Gasteiger partial charge in [-0.1, -0.05) is 30.3 Å². The minimum atomic E-state index is -1.11. The largest absolute Gasteiger partial charge is 0.480 e. The molecule has 108 valence electrons. The van der Waals surface area contributed by atoms with Crippen molar-refractivity contribution >= 4 is 11.9 Å². The molecule has 0 aromatic heterocycles. The van der Waals surface area contributed by atoms with Crippen molar-refractivity contribution in [3.63, 3.8) is 0 Å². The van der Waals surface area contributed by atoms with Gasteiger partial charge in [0.05, 0.1) is 12.1 Å². The van der Waals surface area contributed by atoms with Gasteiger partial charge in [-0.2, -0.15) is 0 Å². The normalized spacial score (nSPS) is 23.6. The topological polar surface area (TPSA) is 104 Å². The molecule has 1 aliphatic rings. The van der Waals surface area contributed by atoms with Gasteiger partial charge in [0.25, 0.3) is 0 Å². The fraction of sp³-hybridized carbons (Fsp3) is 0.429. The molecule has 0 radical (unpaired) electrons. The Hall–Kier alpha value is -1.92. The van der Waals surface area contributed by atoms with Crippen molar-refractivity contribution < 1.29 is 19.8 Å². The molecule has 1 saturated heterocycles. The van der Waals surface area contributed by atoms with Crippen molar-refractivity contribution in [2.45, 2.75) is 31.0 Å². The summed E-state index contributed by atoms with van der Waals surface area (Å²) in [6.07, 6.45) is -0.401. The number of aliphatic hydroxyl groups is 1. The fourth-order valence-electron chi connectivity index (χ4n) is 2.46. The van der Waals surface area contributed by atoms with Crippen LogP contribution in [0.2, 0.25) is 0 Å². The first-order chi connectivity index (χ1) is 9.49. The maximum Gasteiger partial charge on any atom is 0.326 e. The maximum absolute atomic E-state index is 12.2. The van der Waals surface area contributed by atoms with Gasteiger partial charge < -0.3 is 20.8 Å². The molecule has 0 unspecified atom stereocenters. The third kappa shape index (κ3) is 3.15. The summed E-state index contributed by atoms with van der Waals surface area (Å²) in [5.74, 6) is -1.54. The molecular weight excluding hydrogens is 260 g/mol. The summed E-state index contributed by atoms with van der Waals surface area (Å²) in [5.41, 5.74) is 6.79.